The third kappa shape index (κ3) is 71.3. The summed E-state index contributed by atoms with van der Waals surface area (Å²) in [6.07, 6.45) is 79.9. The van der Waals surface area contributed by atoms with Crippen LogP contribution in [0.25, 0.3) is 0 Å². The van der Waals surface area contributed by atoms with Crippen molar-refractivity contribution in [1.82, 2.24) is 0 Å². The molecule has 0 heterocycles. The van der Waals surface area contributed by atoms with Crippen LogP contribution >= 0.6 is 15.6 Å². The number of unbranched alkanes of at least 4 members (excludes halogenated alkanes) is 29. The number of ether oxygens (including phenoxy) is 3. The Balaban J connectivity index is 4.59. The Labute approximate surface area is 577 Å². The van der Waals surface area contributed by atoms with Crippen molar-refractivity contribution in [3.05, 3.63) is 109 Å². The van der Waals surface area contributed by atoms with E-state index in [4.69, 9.17) is 32.3 Å². The van der Waals surface area contributed by atoms with Crippen LogP contribution in [0.3, 0.4) is 0 Å². The lowest BCUT2D eigenvalue weighted by Crippen LogP contribution is -2.30. The summed E-state index contributed by atoms with van der Waals surface area (Å²) in [6.45, 7) is 2.57. The summed E-state index contributed by atoms with van der Waals surface area (Å²) in [7, 11) is -9.79. The zero-order valence-electron chi connectivity index (χ0n) is 59.6. The Hall–Kier alpha value is -3.79. The minimum Gasteiger partial charge on any atom is -0.463 e. The first-order valence-corrected chi connectivity index (χ1v) is 40.2. The van der Waals surface area contributed by atoms with E-state index in [1.165, 1.54) is 103 Å². The fraction of sp³-hybridized carbons (Fsp3) is 0.727. The third-order valence-corrected chi connectivity index (χ3v) is 17.3. The molecule has 0 aliphatic rings. The van der Waals surface area contributed by atoms with Gasteiger partial charge in [-0.2, -0.15) is 0 Å². The van der Waals surface area contributed by atoms with Gasteiger partial charge in [0.15, 0.2) is 6.10 Å². The lowest BCUT2D eigenvalue weighted by atomic mass is 10.1. The average molecular weight is 1380 g/mol. The summed E-state index contributed by atoms with van der Waals surface area (Å²) >= 11 is 0. The number of phosphoric ester groups is 2. The molecule has 4 N–H and O–H groups in total. The molecule has 548 valence electrons. The third-order valence-electron chi connectivity index (χ3n) is 15.4. The molecule has 16 nitrogen and oxygen atoms in total. The molecule has 0 aromatic carbocycles. The van der Waals surface area contributed by atoms with Crippen molar-refractivity contribution < 1.29 is 75.8 Å². The number of aliphatic hydroxyl groups excluding tert-OH is 2. The lowest BCUT2D eigenvalue weighted by molar-refractivity contribution is -0.161. The van der Waals surface area contributed by atoms with Gasteiger partial charge < -0.3 is 34.2 Å². The van der Waals surface area contributed by atoms with Crippen LogP contribution in [0.1, 0.15) is 303 Å². The summed E-state index contributed by atoms with van der Waals surface area (Å²) in [6, 6.07) is 0. The molecule has 0 radical (unpaired) electrons. The normalized spacial score (nSPS) is 14.7. The average Bonchev–Trinajstić information content (AvgIpc) is 1.81. The first-order valence-electron chi connectivity index (χ1n) is 37.2. The Morgan fingerprint density at radius 3 is 0.863 bits per heavy atom. The van der Waals surface area contributed by atoms with E-state index in [9.17, 15) is 43.5 Å². The molecule has 5 unspecified atom stereocenters. The number of hydrogen-bond acceptors (Lipinski definition) is 14. The van der Waals surface area contributed by atoms with Gasteiger partial charge in [-0.25, -0.2) is 9.13 Å². The molecule has 5 atom stereocenters. The van der Waals surface area contributed by atoms with Crippen molar-refractivity contribution in [2.75, 3.05) is 39.6 Å². The molecular weight excluding hydrogens is 1240 g/mol. The molecule has 0 rings (SSSR count). The van der Waals surface area contributed by atoms with Crippen LogP contribution in [0, 0.1) is 0 Å². The standard InChI is InChI=1S/C77H134O16P2/c1-4-7-10-13-16-19-22-25-27-29-31-33-34-35-36-38-40-41-43-46-48-51-54-57-60-63-75(80)87-66-72(78)67-89-94(83,84)90-68-73(79)69-91-95(85,86)92-71-74(93-77(82)65-62-59-56-53-50-45-24-21-18-15-12-9-6-3)70-88-76(81)64-61-58-55-52-49-47-44-42-39-37-32-30-28-26-23-20-17-14-11-8-5-2/h16-17,19-21,24-28,31-33,35-37,42,44,72-74,78-79H,4-15,18,22-23,29-30,34,38-41,43,45-71H2,1-3H3,(H,83,84)(H,85,86)/b19-16-,20-17-,24-21-,27-25-,28-26-,33-31-,36-35-,37-32-,44-42-. The highest BCUT2D eigenvalue weighted by Gasteiger charge is 2.29. The molecule has 0 saturated carbocycles. The number of carbonyl (C=O) groups excluding carboxylic acids is 3. The summed E-state index contributed by atoms with van der Waals surface area (Å²) in [5, 5.41) is 20.6. The number of aliphatic hydroxyl groups is 2. The van der Waals surface area contributed by atoms with E-state index < -0.39 is 91.5 Å². The SMILES string of the molecule is CCCCC/C=C\C/C=C\C/C=C\C/C=C\CCCCCCCCCCCC(=O)OCC(O)COP(=O)(O)OCC(O)COP(=O)(O)OCC(COC(=O)CCCCCCC/C=C\C/C=C\C/C=C\C/C=C\CCCCC)OC(=O)CCCCCCC/C=C\CCCCCC. The predicted octanol–water partition coefficient (Wildman–Crippen LogP) is 21.2. The molecular formula is C77H134O16P2. The minimum atomic E-state index is -4.93. The van der Waals surface area contributed by atoms with Gasteiger partial charge in [0.2, 0.25) is 0 Å². The maximum atomic E-state index is 12.9. The molecule has 18 heteroatoms. The monoisotopic (exact) mass is 1380 g/mol. The second-order valence-electron chi connectivity index (χ2n) is 24.7. The van der Waals surface area contributed by atoms with Gasteiger partial charge in [0.05, 0.1) is 26.4 Å². The van der Waals surface area contributed by atoms with Crippen molar-refractivity contribution in [2.24, 2.45) is 0 Å². The van der Waals surface area contributed by atoms with Crippen molar-refractivity contribution in [3.8, 4) is 0 Å². The lowest BCUT2D eigenvalue weighted by Gasteiger charge is -2.21. The molecule has 0 saturated heterocycles. The van der Waals surface area contributed by atoms with Gasteiger partial charge in [0, 0.05) is 19.3 Å². The molecule has 0 spiro atoms. The Bertz CT molecular complexity index is 2170. The number of hydrogen-bond donors (Lipinski definition) is 4. The highest BCUT2D eigenvalue weighted by Crippen LogP contribution is 2.45. The number of carbonyl (C=O) groups is 3. The first-order chi connectivity index (χ1) is 46.2. The van der Waals surface area contributed by atoms with Crippen LogP contribution in [0.5, 0.6) is 0 Å². The first kappa shape index (κ1) is 91.2. The number of rotatable bonds is 70. The molecule has 0 aromatic rings. The zero-order valence-corrected chi connectivity index (χ0v) is 61.4. The van der Waals surface area contributed by atoms with Crippen molar-refractivity contribution in [1.29, 1.82) is 0 Å². The molecule has 0 bridgehead atoms. The number of allylic oxidation sites excluding steroid dienone is 18. The molecule has 0 aromatic heterocycles. The maximum Gasteiger partial charge on any atom is 0.472 e. The van der Waals surface area contributed by atoms with Gasteiger partial charge in [-0.05, 0) is 135 Å². The summed E-state index contributed by atoms with van der Waals surface area (Å²) in [5.41, 5.74) is 0. The van der Waals surface area contributed by atoms with Crippen LogP contribution in [-0.4, -0.2) is 95.9 Å². The summed E-state index contributed by atoms with van der Waals surface area (Å²) in [4.78, 5) is 58.5. The van der Waals surface area contributed by atoms with Crippen LogP contribution < -0.4 is 0 Å². The molecule has 0 amide bonds. The van der Waals surface area contributed by atoms with Gasteiger partial charge in [0.25, 0.3) is 0 Å². The minimum absolute atomic E-state index is 0.0887. The van der Waals surface area contributed by atoms with Gasteiger partial charge in [-0.15, -0.1) is 0 Å². The van der Waals surface area contributed by atoms with E-state index in [1.807, 2.05) is 0 Å². The second kappa shape index (κ2) is 70.1. The quantitative estimate of drug-likeness (QED) is 0.0146. The fourth-order valence-electron chi connectivity index (χ4n) is 9.71. The molecule has 95 heavy (non-hydrogen) atoms. The van der Waals surface area contributed by atoms with E-state index >= 15 is 0 Å². The predicted molar refractivity (Wildman–Crippen MR) is 390 cm³/mol. The highest BCUT2D eigenvalue weighted by atomic mass is 31.2. The fourth-order valence-corrected chi connectivity index (χ4v) is 11.3. The van der Waals surface area contributed by atoms with Crippen molar-refractivity contribution >= 4 is 33.6 Å². The van der Waals surface area contributed by atoms with E-state index in [0.717, 1.165) is 141 Å². The van der Waals surface area contributed by atoms with Crippen LogP contribution in [-0.2, 0) is 55.8 Å². The van der Waals surface area contributed by atoms with Gasteiger partial charge in [-0.3, -0.25) is 32.5 Å². The Kier molecular flexibility index (Phi) is 67.3. The van der Waals surface area contributed by atoms with Crippen LogP contribution in [0.15, 0.2) is 109 Å². The zero-order chi connectivity index (χ0) is 69.5. The topological polar surface area (TPSA) is 231 Å². The van der Waals surface area contributed by atoms with Crippen LogP contribution in [0.2, 0.25) is 0 Å². The Morgan fingerprint density at radius 1 is 0.295 bits per heavy atom. The molecule has 0 aliphatic carbocycles. The highest BCUT2D eigenvalue weighted by molar-refractivity contribution is 7.47. The van der Waals surface area contributed by atoms with E-state index in [2.05, 4.69) is 130 Å². The Morgan fingerprint density at radius 2 is 0.526 bits per heavy atom. The smallest absolute Gasteiger partial charge is 0.463 e. The number of phosphoric acid groups is 2. The van der Waals surface area contributed by atoms with Gasteiger partial charge in [0.1, 0.15) is 25.4 Å². The van der Waals surface area contributed by atoms with Crippen LogP contribution in [0.4, 0.5) is 0 Å². The molecule has 0 fully saturated rings. The second-order valence-corrected chi connectivity index (χ2v) is 27.6. The summed E-state index contributed by atoms with van der Waals surface area (Å²) in [5.74, 6) is -1.61. The molecule has 0 aliphatic heterocycles. The van der Waals surface area contributed by atoms with Crippen molar-refractivity contribution in [3.63, 3.8) is 0 Å². The van der Waals surface area contributed by atoms with E-state index in [1.54, 1.807) is 0 Å². The van der Waals surface area contributed by atoms with E-state index in [0.29, 0.717) is 19.3 Å². The van der Waals surface area contributed by atoms with E-state index in [-0.39, 0.29) is 19.3 Å². The number of esters is 3. The van der Waals surface area contributed by atoms with Gasteiger partial charge in [-0.1, -0.05) is 259 Å². The maximum absolute atomic E-state index is 12.9. The largest absolute Gasteiger partial charge is 0.472 e. The summed E-state index contributed by atoms with van der Waals surface area (Å²) < 4.78 is 61.0. The van der Waals surface area contributed by atoms with Crippen molar-refractivity contribution in [2.45, 2.75) is 322 Å². The van der Waals surface area contributed by atoms with Gasteiger partial charge >= 0.3 is 33.6 Å².